The Morgan fingerprint density at radius 1 is 1.00 bits per heavy atom. The molecular weight excluding hydrogens is 478 g/mol. The first-order valence-electron chi connectivity index (χ1n) is 13.5. The van der Waals surface area contributed by atoms with Crippen LogP contribution in [-0.2, 0) is 22.6 Å². The fraction of sp³-hybridized carbons (Fsp3) is 0.375. The quantitative estimate of drug-likeness (QED) is 0.277. The summed E-state index contributed by atoms with van der Waals surface area (Å²) in [6.45, 7) is 4.83. The number of amides is 1. The molecule has 1 aliphatic rings. The van der Waals surface area contributed by atoms with Crippen LogP contribution in [0.2, 0.25) is 0 Å². The molecule has 6 heteroatoms. The number of carbonyl (C=O) groups is 2. The van der Waals surface area contributed by atoms with Gasteiger partial charge in [0.2, 0.25) is 0 Å². The minimum Gasteiger partial charge on any atom is -0.491 e. The van der Waals surface area contributed by atoms with Gasteiger partial charge in [0.1, 0.15) is 23.9 Å². The molecule has 2 unspecified atom stereocenters. The van der Waals surface area contributed by atoms with E-state index in [2.05, 4.69) is 31.2 Å². The van der Waals surface area contributed by atoms with Crippen molar-refractivity contribution in [1.82, 2.24) is 4.90 Å². The molecule has 1 fully saturated rings. The van der Waals surface area contributed by atoms with E-state index in [1.54, 1.807) is 11.8 Å². The Hall–Kier alpha value is -3.80. The zero-order chi connectivity index (χ0) is 26.7. The van der Waals surface area contributed by atoms with E-state index in [1.165, 1.54) is 5.56 Å². The molecule has 4 rings (SSSR count). The Kier molecular flexibility index (Phi) is 9.79. The van der Waals surface area contributed by atoms with Gasteiger partial charge in [0.25, 0.3) is 0 Å². The summed E-state index contributed by atoms with van der Waals surface area (Å²) >= 11 is 0. The average Bonchev–Trinajstić information content (AvgIpc) is 2.93. The van der Waals surface area contributed by atoms with Crippen LogP contribution >= 0.6 is 0 Å². The van der Waals surface area contributed by atoms with Crippen molar-refractivity contribution < 1.29 is 23.8 Å². The molecule has 200 valence electrons. The van der Waals surface area contributed by atoms with Gasteiger partial charge in [-0.1, -0.05) is 60.7 Å². The van der Waals surface area contributed by atoms with Gasteiger partial charge in [0.05, 0.1) is 18.8 Å². The van der Waals surface area contributed by atoms with Crippen molar-refractivity contribution in [3.05, 3.63) is 95.6 Å². The second-order valence-corrected chi connectivity index (χ2v) is 9.68. The molecule has 0 spiro atoms. The molecular formula is C32H37NO5. The third kappa shape index (κ3) is 7.60. The Balaban J connectivity index is 1.51. The average molecular weight is 516 g/mol. The third-order valence-electron chi connectivity index (χ3n) is 6.77. The lowest BCUT2D eigenvalue weighted by atomic mass is 9.94. The van der Waals surface area contributed by atoms with Crippen LogP contribution in [0.3, 0.4) is 0 Å². The third-order valence-corrected chi connectivity index (χ3v) is 6.77. The lowest BCUT2D eigenvalue weighted by Gasteiger charge is -2.35. The van der Waals surface area contributed by atoms with Gasteiger partial charge in [-0.05, 0) is 56.4 Å². The van der Waals surface area contributed by atoms with Crippen molar-refractivity contribution in [2.75, 3.05) is 13.2 Å². The molecule has 2 atom stereocenters. The molecule has 0 aliphatic carbocycles. The number of Topliss-reactive ketones (excluding diaryl/α,β-unsaturated/α-hetero) is 1. The summed E-state index contributed by atoms with van der Waals surface area (Å²) in [5.74, 6) is 1.43. The lowest BCUT2D eigenvalue weighted by molar-refractivity contribution is -0.122. The van der Waals surface area contributed by atoms with E-state index in [0.717, 1.165) is 30.4 Å². The largest absolute Gasteiger partial charge is 0.491 e. The number of nitrogens with zero attached hydrogens (tertiary/aromatic N) is 1. The molecule has 1 heterocycles. The van der Waals surface area contributed by atoms with Crippen molar-refractivity contribution in [3.63, 3.8) is 0 Å². The van der Waals surface area contributed by atoms with Crippen molar-refractivity contribution in [2.45, 2.75) is 64.7 Å². The Morgan fingerprint density at radius 3 is 2.42 bits per heavy atom. The van der Waals surface area contributed by atoms with Crippen LogP contribution in [0.15, 0.2) is 78.9 Å². The summed E-state index contributed by atoms with van der Waals surface area (Å²) < 4.78 is 17.9. The van der Waals surface area contributed by atoms with Gasteiger partial charge in [-0.15, -0.1) is 0 Å². The smallest absolute Gasteiger partial charge is 0.410 e. The zero-order valence-electron chi connectivity index (χ0n) is 22.3. The van der Waals surface area contributed by atoms with Crippen molar-refractivity contribution >= 4 is 11.9 Å². The number of piperidine rings is 1. The van der Waals surface area contributed by atoms with E-state index in [0.29, 0.717) is 31.1 Å². The van der Waals surface area contributed by atoms with Crippen LogP contribution in [0.5, 0.6) is 11.5 Å². The summed E-state index contributed by atoms with van der Waals surface area (Å²) in [5, 5.41) is 0. The summed E-state index contributed by atoms with van der Waals surface area (Å²) in [4.78, 5) is 26.8. The number of ketones is 1. The number of likely N-dealkylation sites (tertiary alicyclic amines) is 1. The maximum Gasteiger partial charge on any atom is 0.410 e. The number of ether oxygens (including phenoxy) is 3. The number of rotatable bonds is 11. The molecule has 1 saturated heterocycles. The maximum absolute atomic E-state index is 12.7. The first-order chi connectivity index (χ1) is 18.5. The van der Waals surface area contributed by atoms with Crippen LogP contribution in [0.4, 0.5) is 4.79 Å². The Morgan fingerprint density at radius 2 is 1.71 bits per heavy atom. The summed E-state index contributed by atoms with van der Waals surface area (Å²) in [7, 11) is 0. The standard InChI is InChI=1S/C32H37NO5/c1-3-36-32(35)33-20-19-27(34)21-30(33)29-18-17-28(22-31(29)37-23-26-14-8-5-9-15-26)38-24(2)11-10-16-25-12-6-4-7-13-25/h4-9,12-15,17-18,22,24,30H,3,10-11,16,19-21,23H2,1-2H3. The zero-order valence-corrected chi connectivity index (χ0v) is 22.3. The predicted octanol–water partition coefficient (Wildman–Crippen LogP) is 6.92. The molecule has 0 bridgehead atoms. The number of aryl methyl sites for hydroxylation is 1. The summed E-state index contributed by atoms with van der Waals surface area (Å²) in [5.41, 5.74) is 3.14. The number of hydrogen-bond donors (Lipinski definition) is 0. The molecule has 6 nitrogen and oxygen atoms in total. The predicted molar refractivity (Wildman–Crippen MR) is 147 cm³/mol. The minimum absolute atomic E-state index is 0.0267. The lowest BCUT2D eigenvalue weighted by Crippen LogP contribution is -2.41. The van der Waals surface area contributed by atoms with E-state index in [9.17, 15) is 9.59 Å². The number of benzene rings is 3. The highest BCUT2D eigenvalue weighted by Crippen LogP contribution is 2.38. The van der Waals surface area contributed by atoms with E-state index >= 15 is 0 Å². The molecule has 1 amide bonds. The SMILES string of the molecule is CCOC(=O)N1CCC(=O)CC1c1ccc(OC(C)CCCc2ccccc2)cc1OCc1ccccc1. The van der Waals surface area contributed by atoms with Crippen molar-refractivity contribution in [3.8, 4) is 11.5 Å². The van der Waals surface area contributed by atoms with Crippen molar-refractivity contribution in [1.29, 1.82) is 0 Å². The normalized spacial score (nSPS) is 16.1. The van der Waals surface area contributed by atoms with E-state index in [1.807, 2.05) is 54.6 Å². The van der Waals surface area contributed by atoms with Gasteiger partial charge >= 0.3 is 6.09 Å². The van der Waals surface area contributed by atoms with Crippen LogP contribution in [-0.4, -0.2) is 36.0 Å². The fourth-order valence-corrected chi connectivity index (χ4v) is 4.78. The highest BCUT2D eigenvalue weighted by molar-refractivity contribution is 5.83. The molecule has 1 aliphatic heterocycles. The topological polar surface area (TPSA) is 65.1 Å². The fourth-order valence-electron chi connectivity index (χ4n) is 4.78. The van der Waals surface area contributed by atoms with Crippen LogP contribution < -0.4 is 9.47 Å². The monoisotopic (exact) mass is 515 g/mol. The second kappa shape index (κ2) is 13.7. The van der Waals surface area contributed by atoms with Gasteiger partial charge in [0.15, 0.2) is 0 Å². The molecule has 3 aromatic rings. The van der Waals surface area contributed by atoms with Crippen LogP contribution in [0.1, 0.15) is 62.3 Å². The molecule has 0 aromatic heterocycles. The van der Waals surface area contributed by atoms with Gasteiger partial charge in [-0.3, -0.25) is 4.79 Å². The second-order valence-electron chi connectivity index (χ2n) is 9.68. The van der Waals surface area contributed by atoms with Gasteiger partial charge in [-0.2, -0.15) is 0 Å². The molecule has 0 N–H and O–H groups in total. The Bertz CT molecular complexity index is 1180. The van der Waals surface area contributed by atoms with E-state index in [-0.39, 0.29) is 24.9 Å². The van der Waals surface area contributed by atoms with Crippen LogP contribution in [0, 0.1) is 0 Å². The highest BCUT2D eigenvalue weighted by atomic mass is 16.6. The van der Waals surface area contributed by atoms with E-state index < -0.39 is 12.1 Å². The number of carbonyl (C=O) groups excluding carboxylic acids is 2. The minimum atomic E-state index is -0.446. The van der Waals surface area contributed by atoms with Gasteiger partial charge < -0.3 is 19.1 Å². The summed E-state index contributed by atoms with van der Waals surface area (Å²) in [6, 6.07) is 25.6. The molecule has 0 radical (unpaired) electrons. The first-order valence-corrected chi connectivity index (χ1v) is 13.5. The highest BCUT2D eigenvalue weighted by Gasteiger charge is 2.34. The first kappa shape index (κ1) is 27.2. The summed E-state index contributed by atoms with van der Waals surface area (Å²) in [6.07, 6.45) is 3.14. The van der Waals surface area contributed by atoms with Gasteiger partial charge in [-0.25, -0.2) is 4.79 Å². The molecule has 0 saturated carbocycles. The van der Waals surface area contributed by atoms with Crippen LogP contribution in [0.25, 0.3) is 0 Å². The molecule has 38 heavy (non-hydrogen) atoms. The maximum atomic E-state index is 12.7. The number of hydrogen-bond acceptors (Lipinski definition) is 5. The molecule has 3 aromatic carbocycles. The van der Waals surface area contributed by atoms with E-state index in [4.69, 9.17) is 14.2 Å². The van der Waals surface area contributed by atoms with Crippen molar-refractivity contribution in [2.24, 2.45) is 0 Å². The Labute approximate surface area is 225 Å². The van der Waals surface area contributed by atoms with Gasteiger partial charge in [0, 0.05) is 31.0 Å².